The minimum atomic E-state index is -5.02. The second-order valence-corrected chi connectivity index (χ2v) is 3.29. The Morgan fingerprint density at radius 2 is 2.20 bits per heavy atom. The third-order valence-electron chi connectivity index (χ3n) is 2.34. The second-order valence-electron chi connectivity index (χ2n) is 3.29. The fourth-order valence-electron chi connectivity index (χ4n) is 1.56. The molecule has 1 aliphatic rings. The van der Waals surface area contributed by atoms with Crippen molar-refractivity contribution in [3.05, 3.63) is 12.7 Å². The summed E-state index contributed by atoms with van der Waals surface area (Å²) < 4.78 is 41.2. The fraction of sp³-hybridized carbons (Fsp3) is 0.556. The zero-order valence-electron chi connectivity index (χ0n) is 7.76. The van der Waals surface area contributed by atoms with E-state index in [-0.39, 0.29) is 19.4 Å². The summed E-state index contributed by atoms with van der Waals surface area (Å²) in [6.45, 7) is 3.08. The van der Waals surface area contributed by atoms with E-state index in [1.807, 2.05) is 0 Å². The van der Waals surface area contributed by atoms with Crippen LogP contribution in [0.1, 0.15) is 12.8 Å². The molecule has 84 valence electrons. The first-order valence-electron chi connectivity index (χ1n) is 4.24. The molecule has 1 fully saturated rings. The molecule has 0 radical (unpaired) electrons. The number of hydrogen-bond acceptors (Lipinski definition) is 3. The summed E-state index contributed by atoms with van der Waals surface area (Å²) in [6, 6.07) is 0. The van der Waals surface area contributed by atoms with E-state index in [1.54, 1.807) is 0 Å². The molecule has 0 amide bonds. The molecule has 6 heteroatoms. The van der Waals surface area contributed by atoms with Crippen LogP contribution >= 0.6 is 0 Å². The molecule has 0 aromatic carbocycles. The minimum Gasteiger partial charge on any atom is -0.465 e. The number of carbonyl (C=O) groups excluding carboxylic acids is 2. The predicted molar refractivity (Wildman–Crippen MR) is 43.9 cm³/mol. The lowest BCUT2D eigenvalue weighted by Crippen LogP contribution is -2.43. The van der Waals surface area contributed by atoms with Gasteiger partial charge in [0.1, 0.15) is 5.41 Å². The largest absolute Gasteiger partial charge is 0.465 e. The van der Waals surface area contributed by atoms with Crippen LogP contribution in [0.3, 0.4) is 0 Å². The molecule has 0 saturated carbocycles. The summed E-state index contributed by atoms with van der Waals surface area (Å²) >= 11 is 0. The van der Waals surface area contributed by atoms with Gasteiger partial charge in [-0.05, 0) is 6.42 Å². The summed E-state index contributed by atoms with van der Waals surface area (Å²) in [6.07, 6.45) is -4.48. The minimum absolute atomic E-state index is 0.158. The van der Waals surface area contributed by atoms with Crippen molar-refractivity contribution in [2.75, 3.05) is 6.61 Å². The van der Waals surface area contributed by atoms with Crippen molar-refractivity contribution in [1.82, 2.24) is 0 Å². The smallest absolute Gasteiger partial charge is 0.451 e. The number of esters is 1. The summed E-state index contributed by atoms with van der Waals surface area (Å²) in [5.74, 6) is -3.15. The number of carbonyl (C=O) groups is 2. The molecule has 15 heavy (non-hydrogen) atoms. The molecule has 1 atom stereocenters. The molecule has 0 aromatic heterocycles. The lowest BCUT2D eigenvalue weighted by Gasteiger charge is -2.22. The Hall–Kier alpha value is -1.33. The molecule has 3 nitrogen and oxygen atoms in total. The molecule has 0 aromatic rings. The number of ether oxygens (including phenoxy) is 1. The number of allylic oxidation sites excluding steroid dienone is 1. The normalized spacial score (nSPS) is 26.2. The van der Waals surface area contributed by atoms with Crippen LogP contribution in [0.4, 0.5) is 13.2 Å². The van der Waals surface area contributed by atoms with Gasteiger partial charge in [0.2, 0.25) is 0 Å². The molecule has 0 spiro atoms. The number of halogens is 3. The zero-order valence-corrected chi connectivity index (χ0v) is 7.76. The highest BCUT2D eigenvalue weighted by Crippen LogP contribution is 2.40. The van der Waals surface area contributed by atoms with Gasteiger partial charge in [0.25, 0.3) is 5.78 Å². The Balaban J connectivity index is 3.07. The highest BCUT2D eigenvalue weighted by atomic mass is 19.4. The molecule has 1 saturated heterocycles. The van der Waals surface area contributed by atoms with Crippen LogP contribution in [0.2, 0.25) is 0 Å². The van der Waals surface area contributed by atoms with Crippen LogP contribution in [0, 0.1) is 5.41 Å². The first kappa shape index (κ1) is 11.7. The van der Waals surface area contributed by atoms with E-state index in [0.717, 1.165) is 6.08 Å². The molecular weight excluding hydrogens is 213 g/mol. The van der Waals surface area contributed by atoms with Crippen LogP contribution in [0.15, 0.2) is 12.7 Å². The van der Waals surface area contributed by atoms with Gasteiger partial charge in [-0.3, -0.25) is 9.59 Å². The van der Waals surface area contributed by atoms with Gasteiger partial charge in [-0.15, -0.1) is 6.58 Å². The number of rotatable bonds is 3. The van der Waals surface area contributed by atoms with Crippen molar-refractivity contribution in [3.63, 3.8) is 0 Å². The Morgan fingerprint density at radius 3 is 2.53 bits per heavy atom. The van der Waals surface area contributed by atoms with Gasteiger partial charge in [0, 0.05) is 6.42 Å². The van der Waals surface area contributed by atoms with Crippen LogP contribution in [0.5, 0.6) is 0 Å². The van der Waals surface area contributed by atoms with Gasteiger partial charge in [-0.2, -0.15) is 13.2 Å². The van der Waals surface area contributed by atoms with Gasteiger partial charge in [0.05, 0.1) is 6.61 Å². The lowest BCUT2D eigenvalue weighted by molar-refractivity contribution is -0.185. The monoisotopic (exact) mass is 222 g/mol. The van der Waals surface area contributed by atoms with E-state index in [9.17, 15) is 22.8 Å². The third-order valence-corrected chi connectivity index (χ3v) is 2.34. The van der Waals surface area contributed by atoms with E-state index in [4.69, 9.17) is 0 Å². The second kappa shape index (κ2) is 3.67. The first-order chi connectivity index (χ1) is 6.84. The maximum absolute atomic E-state index is 12.3. The highest BCUT2D eigenvalue weighted by molar-refractivity contribution is 6.07. The summed E-state index contributed by atoms with van der Waals surface area (Å²) in [5.41, 5.74) is -2.10. The zero-order chi connectivity index (χ0) is 11.7. The van der Waals surface area contributed by atoms with Crippen molar-refractivity contribution >= 4 is 11.8 Å². The van der Waals surface area contributed by atoms with Crippen molar-refractivity contribution in [1.29, 1.82) is 0 Å². The summed E-state index contributed by atoms with van der Waals surface area (Å²) in [4.78, 5) is 22.3. The average Bonchev–Trinajstić information content (AvgIpc) is 2.47. The van der Waals surface area contributed by atoms with E-state index in [0.29, 0.717) is 0 Å². The van der Waals surface area contributed by atoms with Gasteiger partial charge in [0.15, 0.2) is 0 Å². The maximum Gasteiger partial charge on any atom is 0.451 e. The van der Waals surface area contributed by atoms with Crippen LogP contribution in [0.25, 0.3) is 0 Å². The SMILES string of the molecule is C=CC[C@]1(C(=O)C(F)(F)F)CCOC1=O. The fourth-order valence-corrected chi connectivity index (χ4v) is 1.56. The number of ketones is 1. The van der Waals surface area contributed by atoms with Gasteiger partial charge in [-0.1, -0.05) is 6.08 Å². The number of alkyl halides is 3. The maximum atomic E-state index is 12.3. The molecule has 1 aliphatic heterocycles. The predicted octanol–water partition coefficient (Wildman–Crippen LogP) is 1.63. The first-order valence-corrected chi connectivity index (χ1v) is 4.24. The van der Waals surface area contributed by atoms with Gasteiger partial charge < -0.3 is 4.74 Å². The molecule has 0 bridgehead atoms. The van der Waals surface area contributed by atoms with Crippen molar-refractivity contribution in [2.45, 2.75) is 19.0 Å². The Kier molecular flexibility index (Phi) is 2.88. The average molecular weight is 222 g/mol. The van der Waals surface area contributed by atoms with Gasteiger partial charge >= 0.3 is 12.1 Å². The van der Waals surface area contributed by atoms with E-state index >= 15 is 0 Å². The van der Waals surface area contributed by atoms with Crippen molar-refractivity contribution in [2.24, 2.45) is 5.41 Å². The third kappa shape index (κ3) is 1.88. The van der Waals surface area contributed by atoms with Crippen LogP contribution in [-0.4, -0.2) is 24.5 Å². The molecule has 1 heterocycles. The van der Waals surface area contributed by atoms with Crippen molar-refractivity contribution in [3.8, 4) is 0 Å². The quantitative estimate of drug-likeness (QED) is 0.414. The highest BCUT2D eigenvalue weighted by Gasteiger charge is 2.59. The lowest BCUT2D eigenvalue weighted by atomic mass is 9.78. The van der Waals surface area contributed by atoms with Gasteiger partial charge in [-0.25, -0.2) is 0 Å². The number of cyclic esters (lactones) is 1. The molecule has 0 aliphatic carbocycles. The molecular formula is C9H9F3O3. The summed E-state index contributed by atoms with van der Waals surface area (Å²) in [7, 11) is 0. The Labute approximate surface area is 83.9 Å². The molecule has 0 N–H and O–H groups in total. The van der Waals surface area contributed by atoms with Crippen LogP contribution < -0.4 is 0 Å². The molecule has 1 rings (SSSR count). The van der Waals surface area contributed by atoms with Crippen LogP contribution in [-0.2, 0) is 14.3 Å². The van der Waals surface area contributed by atoms with E-state index < -0.39 is 23.3 Å². The number of hydrogen-bond donors (Lipinski definition) is 0. The summed E-state index contributed by atoms with van der Waals surface area (Å²) in [5, 5.41) is 0. The Morgan fingerprint density at radius 1 is 1.60 bits per heavy atom. The van der Waals surface area contributed by atoms with E-state index in [2.05, 4.69) is 11.3 Å². The van der Waals surface area contributed by atoms with Crippen molar-refractivity contribution < 1.29 is 27.5 Å². The van der Waals surface area contributed by atoms with E-state index in [1.165, 1.54) is 0 Å². The molecule has 0 unspecified atom stereocenters. The standard InChI is InChI=1S/C9H9F3O3/c1-2-3-8(4-5-15-7(8)14)6(13)9(10,11)12/h2H,1,3-5H2/t8-/m1/s1. The topological polar surface area (TPSA) is 43.4 Å². The Bertz CT molecular complexity index is 308. The number of Topliss-reactive ketones (excluding diaryl/α,β-unsaturated/α-hetero) is 1.